The van der Waals surface area contributed by atoms with E-state index in [0.717, 1.165) is 18.4 Å². The molecule has 0 bridgehead atoms. The lowest BCUT2D eigenvalue weighted by molar-refractivity contribution is 0.519. The minimum absolute atomic E-state index is 0.673. The van der Waals surface area contributed by atoms with Crippen molar-refractivity contribution in [2.45, 2.75) is 20.4 Å². The maximum Gasteiger partial charge on any atom is 0.205 e. The summed E-state index contributed by atoms with van der Waals surface area (Å²) in [6.07, 6.45) is 4.05. The zero-order valence-corrected chi connectivity index (χ0v) is 10.8. The van der Waals surface area contributed by atoms with Crippen LogP contribution in [0.1, 0.15) is 13.8 Å². The van der Waals surface area contributed by atoms with E-state index in [-0.39, 0.29) is 0 Å². The molecule has 0 radical (unpaired) electrons. The summed E-state index contributed by atoms with van der Waals surface area (Å²) in [6, 6.07) is 0. The summed E-state index contributed by atoms with van der Waals surface area (Å²) in [7, 11) is 0. The van der Waals surface area contributed by atoms with Gasteiger partial charge in [-0.05, 0) is 17.8 Å². The van der Waals surface area contributed by atoms with Crippen LogP contribution in [0.5, 0.6) is 0 Å². The molecule has 2 unspecified atom stereocenters. The molecule has 3 rings (SSSR count). The van der Waals surface area contributed by atoms with Gasteiger partial charge in [0, 0.05) is 45.1 Å². The van der Waals surface area contributed by atoms with Crippen molar-refractivity contribution in [3.8, 4) is 0 Å². The van der Waals surface area contributed by atoms with E-state index in [2.05, 4.69) is 39.8 Å². The predicted octanol–water partition coefficient (Wildman–Crippen LogP) is 1.19. The first-order valence-electron chi connectivity index (χ1n) is 6.71. The molecule has 0 spiro atoms. The van der Waals surface area contributed by atoms with E-state index in [0.29, 0.717) is 5.92 Å². The molecule has 1 N–H and O–H groups in total. The minimum atomic E-state index is 0.673. The number of hydrogen-bond acceptors (Lipinski definition) is 3. The van der Waals surface area contributed by atoms with Crippen LogP contribution in [0, 0.1) is 17.8 Å². The van der Waals surface area contributed by atoms with Crippen LogP contribution in [0.2, 0.25) is 0 Å². The summed E-state index contributed by atoms with van der Waals surface area (Å²) in [5, 5.41) is 3.48. The molecule has 0 aromatic carbocycles. The molecule has 94 valence electrons. The van der Waals surface area contributed by atoms with Crippen molar-refractivity contribution in [2.75, 3.05) is 31.1 Å². The van der Waals surface area contributed by atoms with Crippen molar-refractivity contribution in [3.63, 3.8) is 0 Å². The Morgan fingerprint density at radius 1 is 1.35 bits per heavy atom. The maximum atomic E-state index is 4.55. The lowest BCUT2D eigenvalue weighted by atomic mass is 10.0. The third kappa shape index (κ3) is 2.06. The van der Waals surface area contributed by atoms with Crippen LogP contribution >= 0.6 is 0 Å². The second-order valence-corrected chi connectivity index (χ2v) is 5.86. The second-order valence-electron chi connectivity index (χ2n) is 5.86. The second kappa shape index (κ2) is 4.33. The van der Waals surface area contributed by atoms with E-state index < -0.39 is 0 Å². The zero-order valence-electron chi connectivity index (χ0n) is 10.8. The molecule has 1 aromatic rings. The molecule has 2 saturated heterocycles. The number of nitrogens with one attached hydrogen (secondary N) is 1. The third-order valence-corrected chi connectivity index (χ3v) is 3.93. The smallest absolute Gasteiger partial charge is 0.205 e. The molecule has 0 saturated carbocycles. The van der Waals surface area contributed by atoms with Gasteiger partial charge < -0.3 is 14.8 Å². The van der Waals surface area contributed by atoms with Gasteiger partial charge in [0.2, 0.25) is 5.95 Å². The molecule has 1 aromatic heterocycles. The number of imidazole rings is 1. The lowest BCUT2D eigenvalue weighted by Gasteiger charge is -2.21. The number of aromatic nitrogens is 2. The van der Waals surface area contributed by atoms with Gasteiger partial charge in [-0.15, -0.1) is 0 Å². The van der Waals surface area contributed by atoms with E-state index in [4.69, 9.17) is 0 Å². The highest BCUT2D eigenvalue weighted by Crippen LogP contribution is 2.29. The molecule has 0 amide bonds. The quantitative estimate of drug-likeness (QED) is 0.853. The van der Waals surface area contributed by atoms with Crippen LogP contribution in [0.3, 0.4) is 0 Å². The van der Waals surface area contributed by atoms with Gasteiger partial charge in [0.1, 0.15) is 0 Å². The van der Waals surface area contributed by atoms with Gasteiger partial charge in [0.05, 0.1) is 0 Å². The van der Waals surface area contributed by atoms with Crippen LogP contribution in [0.4, 0.5) is 5.95 Å². The first-order chi connectivity index (χ1) is 8.24. The van der Waals surface area contributed by atoms with Crippen LogP contribution in [0.15, 0.2) is 12.4 Å². The van der Waals surface area contributed by atoms with Crippen LogP contribution in [-0.4, -0.2) is 35.7 Å². The van der Waals surface area contributed by atoms with Crippen molar-refractivity contribution in [1.82, 2.24) is 14.9 Å². The molecular formula is C13H22N4. The molecule has 2 aliphatic heterocycles. The van der Waals surface area contributed by atoms with Gasteiger partial charge in [-0.2, -0.15) is 0 Å². The lowest BCUT2D eigenvalue weighted by Crippen LogP contribution is -2.28. The Bertz CT molecular complexity index is 373. The van der Waals surface area contributed by atoms with E-state index in [1.54, 1.807) is 0 Å². The first-order valence-corrected chi connectivity index (χ1v) is 6.71. The molecule has 0 aliphatic carbocycles. The average molecular weight is 234 g/mol. The predicted molar refractivity (Wildman–Crippen MR) is 69.1 cm³/mol. The van der Waals surface area contributed by atoms with Crippen molar-refractivity contribution in [3.05, 3.63) is 12.4 Å². The summed E-state index contributed by atoms with van der Waals surface area (Å²) in [5.74, 6) is 3.51. The van der Waals surface area contributed by atoms with Crippen molar-refractivity contribution in [1.29, 1.82) is 0 Å². The van der Waals surface area contributed by atoms with E-state index in [9.17, 15) is 0 Å². The summed E-state index contributed by atoms with van der Waals surface area (Å²) < 4.78 is 2.30. The largest absolute Gasteiger partial charge is 0.342 e. The van der Waals surface area contributed by atoms with Crippen molar-refractivity contribution in [2.24, 2.45) is 17.8 Å². The first kappa shape index (κ1) is 11.1. The summed E-state index contributed by atoms with van der Waals surface area (Å²) in [5.41, 5.74) is 0. The fourth-order valence-electron chi connectivity index (χ4n) is 3.14. The van der Waals surface area contributed by atoms with Gasteiger partial charge in [0.25, 0.3) is 0 Å². The molecule has 2 fully saturated rings. The standard InChI is InChI=1S/C13H22N4/c1-10(2)7-16-4-3-15-13(16)17-8-11-5-14-6-12(11)9-17/h3-4,10-12,14H,5-9H2,1-2H3. The van der Waals surface area contributed by atoms with E-state index in [1.807, 2.05) is 6.20 Å². The Kier molecular flexibility index (Phi) is 2.82. The number of nitrogens with zero attached hydrogens (tertiary/aromatic N) is 3. The van der Waals surface area contributed by atoms with Gasteiger partial charge in [-0.1, -0.05) is 13.8 Å². The molecular weight excluding hydrogens is 212 g/mol. The Labute approximate surface area is 103 Å². The SMILES string of the molecule is CC(C)Cn1ccnc1N1CC2CNCC2C1. The minimum Gasteiger partial charge on any atom is -0.342 e. The maximum absolute atomic E-state index is 4.55. The van der Waals surface area contributed by atoms with Crippen LogP contribution in [0.25, 0.3) is 0 Å². The number of hydrogen-bond donors (Lipinski definition) is 1. The highest BCUT2D eigenvalue weighted by atomic mass is 15.3. The average Bonchev–Trinajstić information content (AvgIpc) is 2.87. The normalized spacial score (nSPS) is 28.1. The van der Waals surface area contributed by atoms with E-state index in [1.165, 1.54) is 32.1 Å². The van der Waals surface area contributed by atoms with Gasteiger partial charge in [-0.3, -0.25) is 0 Å². The topological polar surface area (TPSA) is 33.1 Å². The number of fused-ring (bicyclic) bond motifs is 1. The Hall–Kier alpha value is -1.03. The van der Waals surface area contributed by atoms with Gasteiger partial charge in [-0.25, -0.2) is 4.98 Å². The highest BCUT2D eigenvalue weighted by Gasteiger charge is 2.37. The molecule has 4 heteroatoms. The highest BCUT2D eigenvalue weighted by molar-refractivity contribution is 5.34. The fourth-order valence-corrected chi connectivity index (χ4v) is 3.14. The third-order valence-electron chi connectivity index (χ3n) is 3.93. The Morgan fingerprint density at radius 3 is 2.71 bits per heavy atom. The van der Waals surface area contributed by atoms with Crippen LogP contribution in [-0.2, 0) is 6.54 Å². The molecule has 2 aliphatic rings. The monoisotopic (exact) mass is 234 g/mol. The summed E-state index contributed by atoms with van der Waals surface area (Å²) in [6.45, 7) is 10.3. The van der Waals surface area contributed by atoms with Crippen molar-refractivity contribution < 1.29 is 0 Å². The zero-order chi connectivity index (χ0) is 11.8. The number of rotatable bonds is 3. The molecule has 2 atom stereocenters. The molecule has 4 nitrogen and oxygen atoms in total. The molecule has 3 heterocycles. The molecule has 17 heavy (non-hydrogen) atoms. The van der Waals surface area contributed by atoms with Gasteiger partial charge in [0.15, 0.2) is 0 Å². The Balaban J connectivity index is 1.74. The summed E-state index contributed by atoms with van der Waals surface area (Å²) >= 11 is 0. The fraction of sp³-hybridized carbons (Fsp3) is 0.769. The summed E-state index contributed by atoms with van der Waals surface area (Å²) in [4.78, 5) is 7.02. The van der Waals surface area contributed by atoms with Gasteiger partial charge >= 0.3 is 0 Å². The van der Waals surface area contributed by atoms with E-state index >= 15 is 0 Å². The number of anilines is 1. The van der Waals surface area contributed by atoms with Crippen molar-refractivity contribution >= 4 is 5.95 Å². The Morgan fingerprint density at radius 2 is 2.06 bits per heavy atom. The van der Waals surface area contributed by atoms with Crippen LogP contribution < -0.4 is 10.2 Å².